The Balaban J connectivity index is 2.04. The summed E-state index contributed by atoms with van der Waals surface area (Å²) in [5.74, 6) is 0. The number of halogens is 2. The summed E-state index contributed by atoms with van der Waals surface area (Å²) in [5, 5.41) is 9.51. The minimum absolute atomic E-state index is 0.632. The SMILES string of the molecule is N#C/C(=C\c1cccn1-c1cccc(Br)c1)c1ccc(Br)cc1. The van der Waals surface area contributed by atoms with Crippen LogP contribution in [0.15, 0.2) is 75.8 Å². The van der Waals surface area contributed by atoms with Gasteiger partial charge >= 0.3 is 0 Å². The van der Waals surface area contributed by atoms with Crippen LogP contribution in [0.1, 0.15) is 11.3 Å². The van der Waals surface area contributed by atoms with Crippen LogP contribution in [0.2, 0.25) is 0 Å². The van der Waals surface area contributed by atoms with Gasteiger partial charge in [-0.2, -0.15) is 5.26 Å². The van der Waals surface area contributed by atoms with E-state index in [0.29, 0.717) is 5.57 Å². The van der Waals surface area contributed by atoms with E-state index >= 15 is 0 Å². The third kappa shape index (κ3) is 3.64. The minimum Gasteiger partial charge on any atom is -0.317 e. The van der Waals surface area contributed by atoms with Gasteiger partial charge in [0, 0.05) is 26.5 Å². The molecule has 3 aromatic rings. The predicted molar refractivity (Wildman–Crippen MR) is 101 cm³/mol. The van der Waals surface area contributed by atoms with Crippen LogP contribution in [0.4, 0.5) is 0 Å². The van der Waals surface area contributed by atoms with E-state index in [9.17, 15) is 5.26 Å². The summed E-state index contributed by atoms with van der Waals surface area (Å²) in [5.41, 5.74) is 3.54. The van der Waals surface area contributed by atoms with Crippen molar-refractivity contribution < 1.29 is 0 Å². The average molecular weight is 428 g/mol. The molecule has 0 radical (unpaired) electrons. The number of allylic oxidation sites excluding steroid dienone is 1. The van der Waals surface area contributed by atoms with Crippen molar-refractivity contribution in [2.45, 2.75) is 0 Å². The van der Waals surface area contributed by atoms with Gasteiger partial charge < -0.3 is 4.57 Å². The number of nitriles is 1. The Hall–Kier alpha value is -2.09. The fraction of sp³-hybridized carbons (Fsp3) is 0. The fourth-order valence-corrected chi connectivity index (χ4v) is 2.98. The largest absolute Gasteiger partial charge is 0.317 e. The van der Waals surface area contributed by atoms with Crippen molar-refractivity contribution in [3.63, 3.8) is 0 Å². The molecule has 0 aliphatic heterocycles. The van der Waals surface area contributed by atoms with E-state index in [0.717, 1.165) is 25.9 Å². The van der Waals surface area contributed by atoms with Gasteiger partial charge in [0.2, 0.25) is 0 Å². The van der Waals surface area contributed by atoms with Crippen molar-refractivity contribution in [2.75, 3.05) is 0 Å². The summed E-state index contributed by atoms with van der Waals surface area (Å²) in [6.07, 6.45) is 3.90. The first-order chi connectivity index (χ1) is 11.2. The van der Waals surface area contributed by atoms with E-state index in [1.54, 1.807) is 0 Å². The van der Waals surface area contributed by atoms with Gasteiger partial charge in [-0.3, -0.25) is 0 Å². The lowest BCUT2D eigenvalue weighted by Gasteiger charge is -2.08. The number of hydrogen-bond donors (Lipinski definition) is 0. The van der Waals surface area contributed by atoms with Crippen molar-refractivity contribution in [1.82, 2.24) is 4.57 Å². The zero-order chi connectivity index (χ0) is 16.2. The average Bonchev–Trinajstić information content (AvgIpc) is 3.02. The lowest BCUT2D eigenvalue weighted by atomic mass is 10.1. The lowest BCUT2D eigenvalue weighted by Crippen LogP contribution is -1.95. The van der Waals surface area contributed by atoms with Crippen LogP contribution in [-0.4, -0.2) is 4.57 Å². The highest BCUT2D eigenvalue weighted by Crippen LogP contribution is 2.23. The molecule has 0 saturated carbocycles. The summed E-state index contributed by atoms with van der Waals surface area (Å²) >= 11 is 6.91. The van der Waals surface area contributed by atoms with Crippen LogP contribution in [0.5, 0.6) is 0 Å². The second-order valence-corrected chi connectivity index (χ2v) is 6.79. The number of hydrogen-bond acceptors (Lipinski definition) is 1. The summed E-state index contributed by atoms with van der Waals surface area (Å²) < 4.78 is 4.07. The van der Waals surface area contributed by atoms with E-state index in [2.05, 4.69) is 42.5 Å². The van der Waals surface area contributed by atoms with Crippen LogP contribution in [-0.2, 0) is 0 Å². The van der Waals surface area contributed by atoms with Crippen LogP contribution < -0.4 is 0 Å². The molecule has 112 valence electrons. The molecule has 1 aromatic heterocycles. The smallest absolute Gasteiger partial charge is 0.0998 e. The highest BCUT2D eigenvalue weighted by Gasteiger charge is 2.05. The lowest BCUT2D eigenvalue weighted by molar-refractivity contribution is 1.06. The van der Waals surface area contributed by atoms with E-state index < -0.39 is 0 Å². The molecule has 0 amide bonds. The Morgan fingerprint density at radius 3 is 2.43 bits per heavy atom. The molecular formula is C19H12Br2N2. The van der Waals surface area contributed by atoms with Gasteiger partial charge in [-0.05, 0) is 54.1 Å². The van der Waals surface area contributed by atoms with Gasteiger partial charge in [0.15, 0.2) is 0 Å². The van der Waals surface area contributed by atoms with Gasteiger partial charge in [-0.25, -0.2) is 0 Å². The highest BCUT2D eigenvalue weighted by atomic mass is 79.9. The maximum Gasteiger partial charge on any atom is 0.0998 e. The Morgan fingerprint density at radius 1 is 0.957 bits per heavy atom. The number of rotatable bonds is 3. The zero-order valence-corrected chi connectivity index (χ0v) is 15.3. The maximum atomic E-state index is 9.51. The zero-order valence-electron chi connectivity index (χ0n) is 12.1. The Kier molecular flexibility index (Phi) is 4.80. The van der Waals surface area contributed by atoms with Crippen molar-refractivity contribution in [2.24, 2.45) is 0 Å². The molecule has 23 heavy (non-hydrogen) atoms. The van der Waals surface area contributed by atoms with Crippen LogP contribution in [0.3, 0.4) is 0 Å². The third-order valence-corrected chi connectivity index (χ3v) is 4.46. The summed E-state index contributed by atoms with van der Waals surface area (Å²) in [6, 6.07) is 22.1. The van der Waals surface area contributed by atoms with E-state index in [1.807, 2.05) is 72.9 Å². The molecular weight excluding hydrogens is 416 g/mol. The summed E-state index contributed by atoms with van der Waals surface area (Å²) in [4.78, 5) is 0. The van der Waals surface area contributed by atoms with E-state index in [1.165, 1.54) is 0 Å². The first-order valence-electron chi connectivity index (χ1n) is 6.98. The van der Waals surface area contributed by atoms with Crippen molar-refractivity contribution in [3.8, 4) is 11.8 Å². The molecule has 0 aliphatic rings. The van der Waals surface area contributed by atoms with E-state index in [4.69, 9.17) is 0 Å². The van der Waals surface area contributed by atoms with Gasteiger partial charge in [-0.15, -0.1) is 0 Å². The highest BCUT2D eigenvalue weighted by molar-refractivity contribution is 9.10. The normalized spacial score (nSPS) is 11.3. The number of aromatic nitrogens is 1. The van der Waals surface area contributed by atoms with Crippen molar-refractivity contribution in [3.05, 3.63) is 87.1 Å². The van der Waals surface area contributed by atoms with Crippen LogP contribution >= 0.6 is 31.9 Å². The quantitative estimate of drug-likeness (QED) is 0.466. The summed E-state index contributed by atoms with van der Waals surface area (Å²) in [7, 11) is 0. The van der Waals surface area contributed by atoms with Crippen LogP contribution in [0, 0.1) is 11.3 Å². The number of benzene rings is 2. The molecule has 0 fully saturated rings. The molecule has 3 rings (SSSR count). The molecule has 0 bridgehead atoms. The Labute approximate surface area is 151 Å². The van der Waals surface area contributed by atoms with Gasteiger partial charge in [0.25, 0.3) is 0 Å². The second kappa shape index (κ2) is 6.99. The molecule has 2 aromatic carbocycles. The molecule has 0 saturated heterocycles. The first kappa shape index (κ1) is 15.8. The molecule has 0 aliphatic carbocycles. The molecule has 4 heteroatoms. The van der Waals surface area contributed by atoms with Gasteiger partial charge in [-0.1, -0.05) is 50.1 Å². The van der Waals surface area contributed by atoms with Gasteiger partial charge in [0.1, 0.15) is 0 Å². The number of nitrogens with zero attached hydrogens (tertiary/aromatic N) is 2. The third-order valence-electron chi connectivity index (χ3n) is 3.43. The molecule has 0 N–H and O–H groups in total. The topological polar surface area (TPSA) is 28.7 Å². The monoisotopic (exact) mass is 426 g/mol. The predicted octanol–water partition coefficient (Wildman–Crippen LogP) is 6.07. The minimum atomic E-state index is 0.632. The standard InChI is InChI=1S/C19H12Br2N2/c20-16-8-6-14(7-9-16)15(13-22)11-18-5-2-10-23(18)19-4-1-3-17(21)12-19/h1-12H/b15-11+. The molecule has 0 atom stereocenters. The van der Waals surface area contributed by atoms with Gasteiger partial charge in [0.05, 0.1) is 11.6 Å². The molecule has 2 nitrogen and oxygen atoms in total. The summed E-state index contributed by atoms with van der Waals surface area (Å²) in [6.45, 7) is 0. The maximum absolute atomic E-state index is 9.51. The Morgan fingerprint density at radius 2 is 1.74 bits per heavy atom. The fourth-order valence-electron chi connectivity index (χ4n) is 2.33. The first-order valence-corrected chi connectivity index (χ1v) is 8.57. The second-order valence-electron chi connectivity index (χ2n) is 4.96. The Bertz CT molecular complexity index is 900. The molecule has 1 heterocycles. The van der Waals surface area contributed by atoms with Crippen molar-refractivity contribution in [1.29, 1.82) is 5.26 Å². The van der Waals surface area contributed by atoms with E-state index in [-0.39, 0.29) is 0 Å². The van der Waals surface area contributed by atoms with Crippen LogP contribution in [0.25, 0.3) is 17.3 Å². The van der Waals surface area contributed by atoms with Crippen molar-refractivity contribution >= 4 is 43.5 Å². The molecule has 0 unspecified atom stereocenters. The molecule has 0 spiro atoms.